The van der Waals surface area contributed by atoms with Crippen LogP contribution in [0.15, 0.2) is 0 Å². The predicted molar refractivity (Wildman–Crippen MR) is 52.5 cm³/mol. The van der Waals surface area contributed by atoms with E-state index in [0.717, 1.165) is 12.8 Å². The third-order valence-corrected chi connectivity index (χ3v) is 2.06. The summed E-state index contributed by atoms with van der Waals surface area (Å²) in [5.74, 6) is 0. The second-order valence-electron chi connectivity index (χ2n) is 3.36. The first-order valence-corrected chi connectivity index (χ1v) is 5.05. The van der Waals surface area contributed by atoms with Crippen LogP contribution in [0.2, 0.25) is 0 Å². The van der Waals surface area contributed by atoms with E-state index >= 15 is 0 Å². The summed E-state index contributed by atoms with van der Waals surface area (Å²) in [6.07, 6.45) is 1.35. The average molecular weight is 190 g/mol. The molecule has 0 rings (SSSR count). The van der Waals surface area contributed by atoms with Gasteiger partial charge < -0.3 is 14.6 Å². The number of hydrogen-bond acceptors (Lipinski definition) is 3. The second-order valence-corrected chi connectivity index (χ2v) is 3.36. The molecule has 3 nitrogen and oxygen atoms in total. The molecule has 0 aromatic heterocycles. The third-order valence-electron chi connectivity index (χ3n) is 2.06. The van der Waals surface area contributed by atoms with Gasteiger partial charge in [-0.1, -0.05) is 13.8 Å². The van der Waals surface area contributed by atoms with E-state index in [-0.39, 0.29) is 18.8 Å². The molecule has 3 unspecified atom stereocenters. The minimum atomic E-state index is -0.788. The molecular weight excluding hydrogens is 168 g/mol. The number of aliphatic hydroxyl groups is 1. The third kappa shape index (κ3) is 6.99. The van der Waals surface area contributed by atoms with Crippen LogP contribution in [0.1, 0.15) is 40.5 Å². The summed E-state index contributed by atoms with van der Waals surface area (Å²) in [5, 5.41) is 9.35. The summed E-state index contributed by atoms with van der Waals surface area (Å²) >= 11 is 0. The van der Waals surface area contributed by atoms with Crippen molar-refractivity contribution in [1.82, 2.24) is 0 Å². The molecule has 0 aliphatic rings. The van der Waals surface area contributed by atoms with Gasteiger partial charge in [0.2, 0.25) is 0 Å². The van der Waals surface area contributed by atoms with Crippen molar-refractivity contribution in [1.29, 1.82) is 0 Å². The zero-order chi connectivity index (χ0) is 10.3. The summed E-state index contributed by atoms with van der Waals surface area (Å²) in [6, 6.07) is 0. The predicted octanol–water partition coefficient (Wildman–Crippen LogP) is 1.93. The average Bonchev–Trinajstić information content (AvgIpc) is 2.13. The molecule has 0 radical (unpaired) electrons. The van der Waals surface area contributed by atoms with E-state index in [1.807, 2.05) is 27.7 Å². The highest BCUT2D eigenvalue weighted by atomic mass is 16.6. The highest BCUT2D eigenvalue weighted by molar-refractivity contribution is 4.50. The van der Waals surface area contributed by atoms with E-state index in [4.69, 9.17) is 9.47 Å². The molecular formula is C10H22O3. The van der Waals surface area contributed by atoms with Crippen LogP contribution in [0.5, 0.6) is 0 Å². The van der Waals surface area contributed by atoms with E-state index in [0.29, 0.717) is 0 Å². The number of aliphatic hydroxyl groups excluding tert-OH is 1. The van der Waals surface area contributed by atoms with Crippen molar-refractivity contribution in [3.63, 3.8) is 0 Å². The van der Waals surface area contributed by atoms with Crippen LogP contribution in [0.3, 0.4) is 0 Å². The van der Waals surface area contributed by atoms with E-state index < -0.39 is 6.29 Å². The largest absolute Gasteiger partial charge is 0.373 e. The molecule has 13 heavy (non-hydrogen) atoms. The van der Waals surface area contributed by atoms with Crippen LogP contribution in [-0.2, 0) is 9.47 Å². The maximum atomic E-state index is 9.35. The Kier molecular flexibility index (Phi) is 7.23. The molecule has 3 heteroatoms. The molecule has 0 saturated carbocycles. The molecule has 0 aliphatic heterocycles. The van der Waals surface area contributed by atoms with Crippen LogP contribution in [0.25, 0.3) is 0 Å². The van der Waals surface area contributed by atoms with Gasteiger partial charge in [0, 0.05) is 0 Å². The fourth-order valence-electron chi connectivity index (χ4n) is 0.768. The number of hydrogen-bond donors (Lipinski definition) is 1. The maximum absolute atomic E-state index is 9.35. The molecule has 0 aromatic rings. The number of rotatable bonds is 7. The van der Waals surface area contributed by atoms with E-state index in [1.54, 1.807) is 0 Å². The van der Waals surface area contributed by atoms with Gasteiger partial charge in [0.25, 0.3) is 0 Å². The molecule has 0 amide bonds. The van der Waals surface area contributed by atoms with Crippen molar-refractivity contribution >= 4 is 0 Å². The smallest absolute Gasteiger partial charge is 0.178 e. The van der Waals surface area contributed by atoms with Gasteiger partial charge in [0.05, 0.1) is 18.8 Å². The standard InChI is InChI=1S/C10H22O3/c1-5-8(3)12-7-10(11)13-9(4)6-2/h8-11H,5-7H2,1-4H3. The normalized spacial score (nSPS) is 18.2. The summed E-state index contributed by atoms with van der Waals surface area (Å²) in [6.45, 7) is 8.25. The monoisotopic (exact) mass is 190 g/mol. The first-order valence-electron chi connectivity index (χ1n) is 5.05. The van der Waals surface area contributed by atoms with E-state index in [2.05, 4.69) is 0 Å². The van der Waals surface area contributed by atoms with E-state index in [9.17, 15) is 5.11 Å². The lowest BCUT2D eigenvalue weighted by Gasteiger charge is -2.18. The van der Waals surface area contributed by atoms with Crippen molar-refractivity contribution in [2.24, 2.45) is 0 Å². The molecule has 0 fully saturated rings. The van der Waals surface area contributed by atoms with Crippen LogP contribution in [0.4, 0.5) is 0 Å². The fraction of sp³-hybridized carbons (Fsp3) is 1.00. The van der Waals surface area contributed by atoms with Crippen molar-refractivity contribution in [2.45, 2.75) is 59.0 Å². The minimum Gasteiger partial charge on any atom is -0.373 e. The highest BCUT2D eigenvalue weighted by Gasteiger charge is 2.09. The Morgan fingerprint density at radius 1 is 1.08 bits per heavy atom. The topological polar surface area (TPSA) is 38.7 Å². The van der Waals surface area contributed by atoms with Gasteiger partial charge in [-0.3, -0.25) is 0 Å². The summed E-state index contributed by atoms with van der Waals surface area (Å²) in [5.41, 5.74) is 0. The number of ether oxygens (including phenoxy) is 2. The molecule has 0 spiro atoms. The van der Waals surface area contributed by atoms with Gasteiger partial charge in [0.1, 0.15) is 0 Å². The molecule has 0 heterocycles. The molecule has 0 saturated heterocycles. The second kappa shape index (κ2) is 7.30. The maximum Gasteiger partial charge on any atom is 0.178 e. The Hall–Kier alpha value is -0.120. The van der Waals surface area contributed by atoms with Gasteiger partial charge >= 0.3 is 0 Å². The quantitative estimate of drug-likeness (QED) is 0.623. The lowest BCUT2D eigenvalue weighted by atomic mass is 10.3. The van der Waals surface area contributed by atoms with Crippen LogP contribution in [-0.4, -0.2) is 30.2 Å². The summed E-state index contributed by atoms with van der Waals surface area (Å²) in [7, 11) is 0. The van der Waals surface area contributed by atoms with Gasteiger partial charge in [-0.15, -0.1) is 0 Å². The van der Waals surface area contributed by atoms with Crippen molar-refractivity contribution in [2.75, 3.05) is 6.61 Å². The van der Waals surface area contributed by atoms with Crippen LogP contribution in [0, 0.1) is 0 Å². The molecule has 1 N–H and O–H groups in total. The molecule has 0 bridgehead atoms. The lowest BCUT2D eigenvalue weighted by molar-refractivity contribution is -0.170. The first kappa shape index (κ1) is 12.9. The Labute approximate surface area is 81.0 Å². The zero-order valence-corrected chi connectivity index (χ0v) is 9.12. The Balaban J connectivity index is 3.45. The van der Waals surface area contributed by atoms with Crippen molar-refractivity contribution in [3.8, 4) is 0 Å². The Bertz CT molecular complexity index is 117. The molecule has 3 atom stereocenters. The summed E-state index contributed by atoms with van der Waals surface area (Å²) < 4.78 is 10.5. The van der Waals surface area contributed by atoms with Gasteiger partial charge in [-0.2, -0.15) is 0 Å². The Morgan fingerprint density at radius 3 is 2.08 bits per heavy atom. The van der Waals surface area contributed by atoms with Gasteiger partial charge in [0.15, 0.2) is 6.29 Å². The van der Waals surface area contributed by atoms with Crippen LogP contribution < -0.4 is 0 Å². The molecule has 0 aromatic carbocycles. The van der Waals surface area contributed by atoms with E-state index in [1.165, 1.54) is 0 Å². The highest BCUT2D eigenvalue weighted by Crippen LogP contribution is 2.02. The lowest BCUT2D eigenvalue weighted by Crippen LogP contribution is -2.26. The minimum absolute atomic E-state index is 0.0931. The SMILES string of the molecule is CCC(C)OCC(O)OC(C)CC. The first-order chi connectivity index (χ1) is 6.10. The molecule has 0 aliphatic carbocycles. The van der Waals surface area contributed by atoms with Crippen LogP contribution >= 0.6 is 0 Å². The van der Waals surface area contributed by atoms with Crippen molar-refractivity contribution in [3.05, 3.63) is 0 Å². The molecule has 80 valence electrons. The van der Waals surface area contributed by atoms with Gasteiger partial charge in [-0.05, 0) is 26.7 Å². The fourth-order valence-corrected chi connectivity index (χ4v) is 0.768. The zero-order valence-electron chi connectivity index (χ0n) is 9.12. The summed E-state index contributed by atoms with van der Waals surface area (Å²) in [4.78, 5) is 0. The Morgan fingerprint density at radius 2 is 1.62 bits per heavy atom. The van der Waals surface area contributed by atoms with Crippen molar-refractivity contribution < 1.29 is 14.6 Å². The van der Waals surface area contributed by atoms with Gasteiger partial charge in [-0.25, -0.2) is 0 Å².